The molecule has 0 aliphatic carbocycles. The van der Waals surface area contributed by atoms with Crippen molar-refractivity contribution in [1.29, 1.82) is 0 Å². The minimum atomic E-state index is 0.0789. The first kappa shape index (κ1) is 18.2. The number of ether oxygens (including phenoxy) is 2. The quantitative estimate of drug-likeness (QED) is 0.821. The highest BCUT2D eigenvalue weighted by molar-refractivity contribution is 5.78. The van der Waals surface area contributed by atoms with Crippen LogP contribution in [-0.4, -0.2) is 68.3 Å². The largest absolute Gasteiger partial charge is 0.497 e. The fraction of sp³-hybridized carbons (Fsp3) is 0.650. The van der Waals surface area contributed by atoms with Crippen LogP contribution in [0.25, 0.3) is 0 Å². The van der Waals surface area contributed by atoms with Crippen molar-refractivity contribution >= 4 is 5.91 Å². The summed E-state index contributed by atoms with van der Waals surface area (Å²) in [6.07, 6.45) is 5.94. The molecular weight excluding hydrogens is 316 g/mol. The highest BCUT2D eigenvalue weighted by atomic mass is 16.5. The molecule has 3 rings (SSSR count). The Bertz CT molecular complexity index is 538. The number of methoxy groups -OCH3 is 1. The minimum absolute atomic E-state index is 0.0789. The fourth-order valence-corrected chi connectivity index (χ4v) is 3.68. The summed E-state index contributed by atoms with van der Waals surface area (Å²) in [5, 5.41) is 0. The van der Waals surface area contributed by atoms with Crippen molar-refractivity contribution in [3.63, 3.8) is 0 Å². The van der Waals surface area contributed by atoms with Crippen LogP contribution in [0.3, 0.4) is 0 Å². The van der Waals surface area contributed by atoms with Gasteiger partial charge in [0.1, 0.15) is 5.75 Å². The first-order valence-corrected chi connectivity index (χ1v) is 9.49. The molecule has 0 bridgehead atoms. The molecule has 0 radical (unpaired) electrons. The molecule has 1 amide bonds. The smallest absolute Gasteiger partial charge is 0.236 e. The molecule has 0 aromatic heterocycles. The van der Waals surface area contributed by atoms with Crippen molar-refractivity contribution in [1.82, 2.24) is 9.80 Å². The van der Waals surface area contributed by atoms with Crippen molar-refractivity contribution in [2.75, 3.05) is 46.4 Å². The van der Waals surface area contributed by atoms with Crippen LogP contribution < -0.4 is 4.74 Å². The second-order valence-corrected chi connectivity index (χ2v) is 7.08. The lowest BCUT2D eigenvalue weighted by Crippen LogP contribution is -2.49. The summed E-state index contributed by atoms with van der Waals surface area (Å²) in [4.78, 5) is 17.0. The molecule has 1 unspecified atom stereocenters. The Hall–Kier alpha value is -1.59. The molecule has 2 aliphatic rings. The van der Waals surface area contributed by atoms with Crippen molar-refractivity contribution in [2.45, 2.75) is 38.2 Å². The Morgan fingerprint density at radius 1 is 1.12 bits per heavy atom. The van der Waals surface area contributed by atoms with E-state index in [-0.39, 0.29) is 12.0 Å². The van der Waals surface area contributed by atoms with Gasteiger partial charge in [-0.15, -0.1) is 0 Å². The summed E-state index contributed by atoms with van der Waals surface area (Å²) in [7, 11) is 1.67. The summed E-state index contributed by atoms with van der Waals surface area (Å²) in [6, 6.07) is 8.08. The number of benzene rings is 1. The number of carbonyl (C=O) groups excluding carboxylic acids is 1. The number of carbonyl (C=O) groups is 1. The van der Waals surface area contributed by atoms with Gasteiger partial charge in [0.15, 0.2) is 0 Å². The van der Waals surface area contributed by atoms with Gasteiger partial charge < -0.3 is 14.4 Å². The lowest BCUT2D eigenvalue weighted by molar-refractivity contribution is -0.139. The topological polar surface area (TPSA) is 42.0 Å². The molecule has 25 heavy (non-hydrogen) atoms. The summed E-state index contributed by atoms with van der Waals surface area (Å²) in [5.41, 5.74) is 1.22. The van der Waals surface area contributed by atoms with Gasteiger partial charge in [0.25, 0.3) is 0 Å². The Morgan fingerprint density at radius 2 is 1.84 bits per heavy atom. The molecule has 2 heterocycles. The molecule has 0 spiro atoms. The predicted octanol–water partition coefficient (Wildman–Crippen LogP) is 2.34. The van der Waals surface area contributed by atoms with Gasteiger partial charge in [-0.2, -0.15) is 0 Å². The van der Waals surface area contributed by atoms with Crippen LogP contribution in [0.4, 0.5) is 0 Å². The second-order valence-electron chi connectivity index (χ2n) is 7.08. The van der Waals surface area contributed by atoms with Crippen LogP contribution in [0.5, 0.6) is 5.75 Å². The van der Waals surface area contributed by atoms with E-state index in [0.29, 0.717) is 26.2 Å². The Labute approximate surface area is 150 Å². The zero-order valence-electron chi connectivity index (χ0n) is 15.3. The van der Waals surface area contributed by atoms with E-state index in [2.05, 4.69) is 17.0 Å². The molecule has 0 N–H and O–H groups in total. The fourth-order valence-electron chi connectivity index (χ4n) is 3.68. The Kier molecular flexibility index (Phi) is 6.70. The molecule has 138 valence electrons. The van der Waals surface area contributed by atoms with Gasteiger partial charge in [0, 0.05) is 19.5 Å². The molecule has 0 saturated carbocycles. The zero-order valence-corrected chi connectivity index (χ0v) is 15.3. The van der Waals surface area contributed by atoms with E-state index in [1.165, 1.54) is 31.2 Å². The molecule has 5 heteroatoms. The van der Waals surface area contributed by atoms with Crippen LogP contribution in [0.15, 0.2) is 24.3 Å². The van der Waals surface area contributed by atoms with E-state index in [0.717, 1.165) is 25.3 Å². The van der Waals surface area contributed by atoms with Crippen molar-refractivity contribution < 1.29 is 14.3 Å². The van der Waals surface area contributed by atoms with Crippen molar-refractivity contribution in [2.24, 2.45) is 0 Å². The van der Waals surface area contributed by atoms with Gasteiger partial charge in [-0.3, -0.25) is 9.69 Å². The lowest BCUT2D eigenvalue weighted by atomic mass is 10.1. The molecule has 5 nitrogen and oxygen atoms in total. The van der Waals surface area contributed by atoms with Crippen molar-refractivity contribution in [3.8, 4) is 5.75 Å². The maximum absolute atomic E-state index is 12.7. The molecule has 1 aromatic rings. The van der Waals surface area contributed by atoms with Gasteiger partial charge in [0.2, 0.25) is 5.91 Å². The number of nitrogens with zero attached hydrogens (tertiary/aromatic N) is 2. The SMILES string of the molecule is COc1ccc(CC2CN(C(=O)CN3CCCCCC3)CCO2)cc1. The Morgan fingerprint density at radius 3 is 2.52 bits per heavy atom. The van der Waals surface area contributed by atoms with E-state index in [1.54, 1.807) is 7.11 Å². The third kappa shape index (κ3) is 5.44. The number of morpholine rings is 1. The first-order chi connectivity index (χ1) is 12.2. The lowest BCUT2D eigenvalue weighted by Gasteiger charge is -2.34. The normalized spacial score (nSPS) is 22.4. The summed E-state index contributed by atoms with van der Waals surface area (Å²) >= 11 is 0. The molecule has 1 atom stereocenters. The van der Waals surface area contributed by atoms with Gasteiger partial charge in [0.05, 0.1) is 26.4 Å². The van der Waals surface area contributed by atoms with Crippen LogP contribution in [-0.2, 0) is 16.0 Å². The maximum atomic E-state index is 12.7. The highest BCUT2D eigenvalue weighted by Crippen LogP contribution is 2.16. The number of rotatable bonds is 5. The summed E-state index contributed by atoms with van der Waals surface area (Å²) < 4.78 is 11.1. The predicted molar refractivity (Wildman–Crippen MR) is 97.9 cm³/mol. The molecule has 2 saturated heterocycles. The minimum Gasteiger partial charge on any atom is -0.497 e. The second kappa shape index (κ2) is 9.20. The van der Waals surface area contributed by atoms with E-state index >= 15 is 0 Å². The third-order valence-corrected chi connectivity index (χ3v) is 5.17. The standard InChI is InChI=1S/C20H30N2O3/c1-24-18-8-6-17(7-9-18)14-19-15-22(12-13-25-19)20(23)16-21-10-4-2-3-5-11-21/h6-9,19H,2-5,10-16H2,1H3. The number of hydrogen-bond acceptors (Lipinski definition) is 4. The molecular formula is C20H30N2O3. The van der Waals surface area contributed by atoms with E-state index in [9.17, 15) is 4.79 Å². The first-order valence-electron chi connectivity index (χ1n) is 9.49. The average molecular weight is 346 g/mol. The monoisotopic (exact) mass is 346 g/mol. The van der Waals surface area contributed by atoms with Gasteiger partial charge in [-0.05, 0) is 43.6 Å². The van der Waals surface area contributed by atoms with E-state index in [1.807, 2.05) is 17.0 Å². The van der Waals surface area contributed by atoms with Gasteiger partial charge in [-0.1, -0.05) is 25.0 Å². The maximum Gasteiger partial charge on any atom is 0.236 e. The average Bonchev–Trinajstić information content (AvgIpc) is 2.91. The van der Waals surface area contributed by atoms with Crippen LogP contribution in [0, 0.1) is 0 Å². The van der Waals surface area contributed by atoms with Crippen LogP contribution in [0.2, 0.25) is 0 Å². The summed E-state index contributed by atoms with van der Waals surface area (Å²) in [6.45, 7) is 4.73. The number of likely N-dealkylation sites (tertiary alicyclic amines) is 1. The third-order valence-electron chi connectivity index (χ3n) is 5.17. The number of hydrogen-bond donors (Lipinski definition) is 0. The van der Waals surface area contributed by atoms with E-state index in [4.69, 9.17) is 9.47 Å². The zero-order chi connectivity index (χ0) is 17.5. The van der Waals surface area contributed by atoms with Gasteiger partial charge in [-0.25, -0.2) is 0 Å². The Balaban J connectivity index is 1.50. The van der Waals surface area contributed by atoms with Gasteiger partial charge >= 0.3 is 0 Å². The van der Waals surface area contributed by atoms with Crippen LogP contribution in [0.1, 0.15) is 31.2 Å². The summed E-state index contributed by atoms with van der Waals surface area (Å²) in [5.74, 6) is 1.12. The molecule has 2 aliphatic heterocycles. The highest BCUT2D eigenvalue weighted by Gasteiger charge is 2.25. The molecule has 1 aromatic carbocycles. The molecule has 2 fully saturated rings. The van der Waals surface area contributed by atoms with Crippen LogP contribution >= 0.6 is 0 Å². The van der Waals surface area contributed by atoms with E-state index < -0.39 is 0 Å². The van der Waals surface area contributed by atoms with Crippen molar-refractivity contribution in [3.05, 3.63) is 29.8 Å². The number of amides is 1.